The second kappa shape index (κ2) is 11.4. The molecule has 0 saturated carbocycles. The Balaban J connectivity index is 1.71. The van der Waals surface area contributed by atoms with Crippen LogP contribution in [0.15, 0.2) is 83.3 Å². The number of amides is 1. The molecule has 184 valence electrons. The summed E-state index contributed by atoms with van der Waals surface area (Å²) < 4.78 is 5.97. The van der Waals surface area contributed by atoms with Crippen LogP contribution in [0.4, 0.5) is 0 Å². The zero-order valence-electron chi connectivity index (χ0n) is 18.6. The average Bonchev–Trinajstić information content (AvgIpc) is 3.29. The summed E-state index contributed by atoms with van der Waals surface area (Å²) in [5.41, 5.74) is 1.51. The van der Waals surface area contributed by atoms with E-state index < -0.39 is 17.9 Å². The lowest BCUT2D eigenvalue weighted by Crippen LogP contribution is -2.46. The van der Waals surface area contributed by atoms with Crippen LogP contribution in [0, 0.1) is 0 Å². The van der Waals surface area contributed by atoms with Crippen LogP contribution in [0.2, 0.25) is 20.1 Å². The van der Waals surface area contributed by atoms with Crippen LogP contribution in [0.1, 0.15) is 21.7 Å². The van der Waals surface area contributed by atoms with E-state index in [-0.39, 0.29) is 23.6 Å². The molecule has 0 radical (unpaired) electrons. The van der Waals surface area contributed by atoms with Gasteiger partial charge in [0, 0.05) is 22.0 Å². The Labute approximate surface area is 227 Å². The molecule has 4 aromatic rings. The van der Waals surface area contributed by atoms with Gasteiger partial charge in [0.15, 0.2) is 0 Å². The highest BCUT2D eigenvalue weighted by atomic mass is 35.5. The third-order valence-corrected chi connectivity index (χ3v) is 6.64. The Kier molecular flexibility index (Phi) is 8.27. The maximum Gasteiger partial charge on any atom is 0.326 e. The van der Waals surface area contributed by atoms with Gasteiger partial charge in [-0.1, -0.05) is 76.7 Å². The Morgan fingerprint density at radius 2 is 1.50 bits per heavy atom. The third kappa shape index (κ3) is 6.05. The molecule has 1 aromatic heterocycles. The summed E-state index contributed by atoms with van der Waals surface area (Å²) in [6, 6.07) is 20.7. The van der Waals surface area contributed by atoms with Crippen LogP contribution in [0.25, 0.3) is 11.3 Å². The Hall–Kier alpha value is -2.96. The van der Waals surface area contributed by atoms with Crippen molar-refractivity contribution >= 4 is 58.3 Å². The molecule has 0 spiro atoms. The van der Waals surface area contributed by atoms with Crippen molar-refractivity contribution in [2.45, 2.75) is 19.0 Å². The SMILES string of the molecule is O=C(O)[C@H](Cc1ccccc1)N(Cc1ccc(-c2ccc(Cl)cc2Cl)o1)C(=O)c1ccc(Cl)cc1Cl. The second-order valence-corrected chi connectivity index (χ2v) is 9.68. The maximum atomic E-state index is 13.6. The molecule has 0 bridgehead atoms. The minimum atomic E-state index is -1.20. The maximum absolute atomic E-state index is 13.6. The van der Waals surface area contributed by atoms with Crippen LogP contribution in [-0.4, -0.2) is 27.9 Å². The lowest BCUT2D eigenvalue weighted by Gasteiger charge is -2.29. The third-order valence-electron chi connectivity index (χ3n) is 5.54. The number of halogens is 4. The van der Waals surface area contributed by atoms with Gasteiger partial charge >= 0.3 is 5.97 Å². The van der Waals surface area contributed by atoms with Crippen molar-refractivity contribution in [3.8, 4) is 11.3 Å². The molecule has 5 nitrogen and oxygen atoms in total. The van der Waals surface area contributed by atoms with Crippen molar-refractivity contribution in [2.75, 3.05) is 0 Å². The number of aliphatic carboxylic acids is 1. The largest absolute Gasteiger partial charge is 0.480 e. The molecule has 0 aliphatic heterocycles. The highest BCUT2D eigenvalue weighted by Gasteiger charge is 2.32. The zero-order chi connectivity index (χ0) is 25.8. The fourth-order valence-corrected chi connectivity index (χ4v) is 4.77. The highest BCUT2D eigenvalue weighted by molar-refractivity contribution is 6.37. The van der Waals surface area contributed by atoms with Crippen molar-refractivity contribution in [1.82, 2.24) is 4.90 Å². The number of carbonyl (C=O) groups excluding carboxylic acids is 1. The first-order chi connectivity index (χ1) is 17.2. The van der Waals surface area contributed by atoms with Gasteiger partial charge in [-0.3, -0.25) is 4.79 Å². The van der Waals surface area contributed by atoms with Crippen molar-refractivity contribution in [3.05, 3.63) is 116 Å². The molecule has 0 aliphatic rings. The van der Waals surface area contributed by atoms with Gasteiger partial charge in [0.2, 0.25) is 0 Å². The Morgan fingerprint density at radius 3 is 2.14 bits per heavy atom. The first kappa shape index (κ1) is 26.1. The number of hydrogen-bond donors (Lipinski definition) is 1. The van der Waals surface area contributed by atoms with Gasteiger partial charge in [0.1, 0.15) is 17.6 Å². The number of carboxylic acids is 1. The number of furan rings is 1. The second-order valence-electron chi connectivity index (χ2n) is 7.99. The molecule has 1 atom stereocenters. The van der Waals surface area contributed by atoms with E-state index in [1.165, 1.54) is 23.1 Å². The predicted octanol–water partition coefficient (Wildman–Crippen LogP) is 7.90. The van der Waals surface area contributed by atoms with Crippen molar-refractivity contribution in [2.24, 2.45) is 0 Å². The van der Waals surface area contributed by atoms with E-state index in [1.54, 1.807) is 42.5 Å². The molecule has 3 aromatic carbocycles. The monoisotopic (exact) mass is 561 g/mol. The summed E-state index contributed by atoms with van der Waals surface area (Å²) in [6.45, 7) is -0.118. The van der Waals surface area contributed by atoms with Gasteiger partial charge in [-0.05, 0) is 54.1 Å². The molecular weight excluding hydrogens is 544 g/mol. The molecule has 4 rings (SSSR count). The number of nitrogens with zero attached hydrogens (tertiary/aromatic N) is 1. The van der Waals surface area contributed by atoms with Crippen LogP contribution >= 0.6 is 46.4 Å². The molecule has 0 saturated heterocycles. The fraction of sp³-hybridized carbons (Fsp3) is 0.111. The molecule has 1 amide bonds. The normalized spacial score (nSPS) is 11.8. The van der Waals surface area contributed by atoms with E-state index in [0.29, 0.717) is 32.2 Å². The topological polar surface area (TPSA) is 70.8 Å². The van der Waals surface area contributed by atoms with E-state index in [1.807, 2.05) is 18.2 Å². The van der Waals surface area contributed by atoms with E-state index in [9.17, 15) is 14.7 Å². The quantitative estimate of drug-likeness (QED) is 0.237. The molecule has 0 fully saturated rings. The Bertz CT molecular complexity index is 1400. The summed E-state index contributed by atoms with van der Waals surface area (Å²) in [5, 5.41) is 11.5. The molecule has 9 heteroatoms. The van der Waals surface area contributed by atoms with Crippen molar-refractivity contribution in [1.29, 1.82) is 0 Å². The number of benzene rings is 3. The zero-order valence-corrected chi connectivity index (χ0v) is 21.7. The number of rotatable bonds is 8. The number of carboxylic acid groups (broad SMARTS) is 1. The Morgan fingerprint density at radius 1 is 0.833 bits per heavy atom. The van der Waals surface area contributed by atoms with Crippen LogP contribution in [-0.2, 0) is 17.8 Å². The first-order valence-electron chi connectivity index (χ1n) is 10.8. The number of carbonyl (C=O) groups is 2. The van der Waals surface area contributed by atoms with Crippen molar-refractivity contribution in [3.63, 3.8) is 0 Å². The van der Waals surface area contributed by atoms with Gasteiger partial charge in [0.05, 0.1) is 22.2 Å². The van der Waals surface area contributed by atoms with E-state index >= 15 is 0 Å². The van der Waals surface area contributed by atoms with E-state index in [4.69, 9.17) is 50.8 Å². The van der Waals surface area contributed by atoms with Gasteiger partial charge < -0.3 is 14.4 Å². The van der Waals surface area contributed by atoms with Gasteiger partial charge in [-0.25, -0.2) is 4.79 Å². The smallest absolute Gasteiger partial charge is 0.326 e. The molecule has 36 heavy (non-hydrogen) atoms. The summed E-state index contributed by atoms with van der Waals surface area (Å²) in [5.74, 6) is -0.903. The van der Waals surface area contributed by atoms with Crippen LogP contribution in [0.3, 0.4) is 0 Å². The van der Waals surface area contributed by atoms with Gasteiger partial charge in [-0.2, -0.15) is 0 Å². The lowest BCUT2D eigenvalue weighted by atomic mass is 10.0. The molecule has 0 unspecified atom stereocenters. The van der Waals surface area contributed by atoms with Crippen LogP contribution in [0.5, 0.6) is 0 Å². The summed E-state index contributed by atoms with van der Waals surface area (Å²) in [7, 11) is 0. The minimum absolute atomic E-state index is 0.0870. The highest BCUT2D eigenvalue weighted by Crippen LogP contribution is 2.32. The fourth-order valence-electron chi connectivity index (χ4n) is 3.77. The minimum Gasteiger partial charge on any atom is -0.480 e. The molecule has 1 N–H and O–H groups in total. The van der Waals surface area contributed by atoms with E-state index in [2.05, 4.69) is 0 Å². The predicted molar refractivity (Wildman–Crippen MR) is 142 cm³/mol. The van der Waals surface area contributed by atoms with Crippen LogP contribution < -0.4 is 0 Å². The van der Waals surface area contributed by atoms with Gasteiger partial charge in [-0.15, -0.1) is 0 Å². The van der Waals surface area contributed by atoms with E-state index in [0.717, 1.165) is 5.56 Å². The summed E-state index contributed by atoms with van der Waals surface area (Å²) >= 11 is 24.6. The number of hydrogen-bond acceptors (Lipinski definition) is 3. The summed E-state index contributed by atoms with van der Waals surface area (Å²) in [6.07, 6.45) is 0.0870. The van der Waals surface area contributed by atoms with Crippen molar-refractivity contribution < 1.29 is 19.1 Å². The average molecular weight is 563 g/mol. The molecule has 0 aliphatic carbocycles. The summed E-state index contributed by atoms with van der Waals surface area (Å²) in [4.78, 5) is 27.3. The first-order valence-corrected chi connectivity index (χ1v) is 12.3. The van der Waals surface area contributed by atoms with Gasteiger partial charge in [0.25, 0.3) is 5.91 Å². The standard InChI is InChI=1S/C27H19Cl4NO4/c28-17-6-9-20(22(30)13-17)25-11-8-19(36-25)15-32(26(33)21-10-7-18(29)14-23(21)31)24(27(34)35)12-16-4-2-1-3-5-16/h1-11,13-14,24H,12,15H2,(H,34,35)/t24-/m0/s1. The molecular formula is C27H19Cl4NO4. The lowest BCUT2D eigenvalue weighted by molar-refractivity contribution is -0.142. The molecule has 1 heterocycles.